The molecule has 0 saturated heterocycles. The van der Waals surface area contributed by atoms with Gasteiger partial charge in [-0.25, -0.2) is 0 Å². The summed E-state index contributed by atoms with van der Waals surface area (Å²) in [4.78, 5) is 3.62. The quantitative estimate of drug-likeness (QED) is 0.298. The molecule has 0 atom stereocenters. The molecule has 58 valence electrons. The van der Waals surface area contributed by atoms with Crippen molar-refractivity contribution in [2.45, 2.75) is 6.92 Å². The first-order valence-corrected chi connectivity index (χ1v) is 3.20. The van der Waals surface area contributed by atoms with E-state index in [1.807, 2.05) is 0 Å². The minimum atomic E-state index is -0.268. The van der Waals surface area contributed by atoms with E-state index >= 15 is 0 Å². The van der Waals surface area contributed by atoms with Crippen molar-refractivity contribution in [2.75, 3.05) is 0 Å². The molecule has 0 aliphatic carbocycles. The molecule has 0 aliphatic rings. The second-order valence-electron chi connectivity index (χ2n) is 2.15. The SMILES string of the molecule is CC([O-])=Nc1cccc(O)c1.[Na+]. The van der Waals surface area contributed by atoms with Gasteiger partial charge in [-0.3, -0.25) is 4.99 Å². The van der Waals surface area contributed by atoms with Crippen molar-refractivity contribution in [3.05, 3.63) is 24.3 Å². The third kappa shape index (κ3) is 3.76. The molecule has 1 aromatic carbocycles. The van der Waals surface area contributed by atoms with Crippen LogP contribution < -0.4 is 34.7 Å². The Hall–Kier alpha value is -0.510. The third-order valence-electron chi connectivity index (χ3n) is 1.12. The van der Waals surface area contributed by atoms with Gasteiger partial charge in [-0.2, -0.15) is 0 Å². The van der Waals surface area contributed by atoms with Crippen molar-refractivity contribution in [3.8, 4) is 5.75 Å². The van der Waals surface area contributed by atoms with Crippen molar-refractivity contribution in [2.24, 2.45) is 4.99 Å². The van der Waals surface area contributed by atoms with Gasteiger partial charge in [0.25, 0.3) is 0 Å². The molecular formula is C8H8NNaO2. The van der Waals surface area contributed by atoms with E-state index in [1.54, 1.807) is 12.1 Å². The predicted octanol–water partition coefficient (Wildman–Crippen LogP) is -2.19. The van der Waals surface area contributed by atoms with E-state index in [2.05, 4.69) is 4.99 Å². The molecule has 0 aromatic heterocycles. The van der Waals surface area contributed by atoms with E-state index in [9.17, 15) is 5.11 Å². The van der Waals surface area contributed by atoms with Gasteiger partial charge in [0.1, 0.15) is 5.75 Å². The predicted molar refractivity (Wildman–Crippen MR) is 40.9 cm³/mol. The fraction of sp³-hybridized carbons (Fsp3) is 0.125. The number of nitrogens with zero attached hydrogens (tertiary/aromatic N) is 1. The number of hydrogen-bond donors (Lipinski definition) is 1. The van der Waals surface area contributed by atoms with Crippen LogP contribution in [0.2, 0.25) is 0 Å². The number of phenolic OH excluding ortho intramolecular Hbond substituents is 1. The molecule has 0 bridgehead atoms. The Kier molecular flexibility index (Phi) is 4.97. The van der Waals surface area contributed by atoms with E-state index in [1.165, 1.54) is 19.1 Å². The molecule has 1 aromatic rings. The van der Waals surface area contributed by atoms with E-state index < -0.39 is 0 Å². The van der Waals surface area contributed by atoms with Gasteiger partial charge in [0, 0.05) is 6.07 Å². The first-order chi connectivity index (χ1) is 5.18. The number of aliphatic imine (C=N–C) groups is 1. The van der Waals surface area contributed by atoms with Gasteiger partial charge >= 0.3 is 29.6 Å². The summed E-state index contributed by atoms with van der Waals surface area (Å²) in [6.45, 7) is 1.37. The Morgan fingerprint density at radius 3 is 2.67 bits per heavy atom. The average Bonchev–Trinajstić information content (AvgIpc) is 1.85. The number of aromatic hydroxyl groups is 1. The molecule has 0 unspecified atom stereocenters. The molecule has 1 rings (SSSR count). The van der Waals surface area contributed by atoms with Crippen LogP contribution in [0.4, 0.5) is 5.69 Å². The summed E-state index contributed by atoms with van der Waals surface area (Å²) in [7, 11) is 0. The van der Waals surface area contributed by atoms with Crippen LogP contribution in [0.3, 0.4) is 0 Å². The summed E-state index contributed by atoms with van der Waals surface area (Å²) in [6, 6.07) is 6.25. The molecule has 0 saturated carbocycles. The van der Waals surface area contributed by atoms with Crippen molar-refractivity contribution >= 4 is 11.6 Å². The Bertz CT molecular complexity index is 282. The zero-order valence-corrected chi connectivity index (χ0v) is 9.11. The molecule has 0 amide bonds. The van der Waals surface area contributed by atoms with E-state index in [-0.39, 0.29) is 41.2 Å². The summed E-state index contributed by atoms with van der Waals surface area (Å²) in [5.74, 6) is -0.150. The fourth-order valence-corrected chi connectivity index (χ4v) is 0.744. The Labute approximate surface area is 93.1 Å². The van der Waals surface area contributed by atoms with Crippen LogP contribution in [0.25, 0.3) is 0 Å². The normalized spacial score (nSPS) is 10.6. The minimum Gasteiger partial charge on any atom is -0.862 e. The van der Waals surface area contributed by atoms with Gasteiger partial charge in [-0.15, -0.1) is 0 Å². The largest absolute Gasteiger partial charge is 1.00 e. The number of phenols is 1. The number of benzene rings is 1. The maximum absolute atomic E-state index is 10.5. The van der Waals surface area contributed by atoms with Gasteiger partial charge in [0.2, 0.25) is 0 Å². The number of rotatable bonds is 1. The van der Waals surface area contributed by atoms with Crippen molar-refractivity contribution in [3.63, 3.8) is 0 Å². The molecule has 0 fully saturated rings. The molecule has 3 nitrogen and oxygen atoms in total. The molecular weight excluding hydrogens is 165 g/mol. The molecule has 0 aliphatic heterocycles. The van der Waals surface area contributed by atoms with Crippen LogP contribution in [0, 0.1) is 0 Å². The van der Waals surface area contributed by atoms with Crippen LogP contribution in [0.15, 0.2) is 29.3 Å². The van der Waals surface area contributed by atoms with Gasteiger partial charge in [-0.05, 0) is 25.0 Å². The number of hydrogen-bond acceptors (Lipinski definition) is 3. The molecule has 0 spiro atoms. The van der Waals surface area contributed by atoms with Crippen LogP contribution in [0.5, 0.6) is 5.75 Å². The van der Waals surface area contributed by atoms with E-state index in [0.717, 1.165) is 0 Å². The summed E-state index contributed by atoms with van der Waals surface area (Å²) in [5.41, 5.74) is 0.484. The third-order valence-corrected chi connectivity index (χ3v) is 1.12. The topological polar surface area (TPSA) is 55.7 Å². The maximum atomic E-state index is 10.5. The Morgan fingerprint density at radius 1 is 1.50 bits per heavy atom. The van der Waals surface area contributed by atoms with Gasteiger partial charge in [0.05, 0.1) is 5.69 Å². The van der Waals surface area contributed by atoms with Crippen LogP contribution in [0.1, 0.15) is 6.92 Å². The second kappa shape index (κ2) is 5.19. The van der Waals surface area contributed by atoms with Crippen molar-refractivity contribution in [1.82, 2.24) is 0 Å². The molecule has 0 heterocycles. The summed E-state index contributed by atoms with van der Waals surface area (Å²) < 4.78 is 0. The molecule has 4 heteroatoms. The van der Waals surface area contributed by atoms with Crippen LogP contribution in [-0.4, -0.2) is 11.0 Å². The summed E-state index contributed by atoms with van der Waals surface area (Å²) in [5, 5.41) is 19.4. The Morgan fingerprint density at radius 2 is 2.17 bits per heavy atom. The first-order valence-electron chi connectivity index (χ1n) is 3.20. The van der Waals surface area contributed by atoms with Gasteiger partial charge in [0.15, 0.2) is 0 Å². The maximum Gasteiger partial charge on any atom is 1.00 e. The van der Waals surface area contributed by atoms with Crippen LogP contribution >= 0.6 is 0 Å². The monoisotopic (exact) mass is 173 g/mol. The van der Waals surface area contributed by atoms with E-state index in [0.29, 0.717) is 5.69 Å². The zero-order chi connectivity index (χ0) is 8.27. The van der Waals surface area contributed by atoms with E-state index in [4.69, 9.17) is 5.11 Å². The molecule has 0 radical (unpaired) electrons. The zero-order valence-electron chi connectivity index (χ0n) is 7.11. The second-order valence-corrected chi connectivity index (χ2v) is 2.15. The minimum absolute atomic E-state index is 0. The first kappa shape index (κ1) is 11.5. The molecule has 12 heavy (non-hydrogen) atoms. The van der Waals surface area contributed by atoms with Crippen LogP contribution in [-0.2, 0) is 0 Å². The summed E-state index contributed by atoms with van der Waals surface area (Å²) >= 11 is 0. The van der Waals surface area contributed by atoms with Crippen molar-refractivity contribution < 1.29 is 39.8 Å². The summed E-state index contributed by atoms with van der Waals surface area (Å²) in [6.07, 6.45) is 0. The smallest absolute Gasteiger partial charge is 0.862 e. The average molecular weight is 173 g/mol. The molecule has 1 N–H and O–H groups in total. The van der Waals surface area contributed by atoms with Crippen molar-refractivity contribution in [1.29, 1.82) is 0 Å². The van der Waals surface area contributed by atoms with Gasteiger partial charge in [-0.1, -0.05) is 6.07 Å². The Balaban J connectivity index is 0.00000121. The fourth-order valence-electron chi connectivity index (χ4n) is 0.744. The standard InChI is InChI=1S/C8H9NO2.Na/c1-6(10)9-7-3-2-4-8(11)5-7;/h2-5,11H,1H3,(H,9,10);/q;+1/p-1. The van der Waals surface area contributed by atoms with Gasteiger partial charge < -0.3 is 10.2 Å².